The van der Waals surface area contributed by atoms with Crippen molar-refractivity contribution in [2.45, 2.75) is 45.1 Å². The van der Waals surface area contributed by atoms with Crippen LogP contribution in [0.15, 0.2) is 24.3 Å². The second-order valence-electron chi connectivity index (χ2n) is 7.05. The maximum Gasteiger partial charge on any atom is 0.233 e. The second-order valence-corrected chi connectivity index (χ2v) is 7.05. The number of aliphatic hydroxyl groups is 1. The van der Waals surface area contributed by atoms with Crippen LogP contribution in [-0.4, -0.2) is 46.9 Å². The SMILES string of the molecule is CCC(=O)c1ccc(OCC(O)CN2C(=O)C3CCCCC3C2=O)cc1. The Bertz CT molecular complexity index is 660. The fourth-order valence-electron chi connectivity index (χ4n) is 3.81. The van der Waals surface area contributed by atoms with Gasteiger partial charge in [-0.25, -0.2) is 0 Å². The molecule has 26 heavy (non-hydrogen) atoms. The number of hydrogen-bond donors (Lipinski definition) is 1. The summed E-state index contributed by atoms with van der Waals surface area (Å²) in [6.07, 6.45) is 2.99. The summed E-state index contributed by atoms with van der Waals surface area (Å²) in [5.74, 6) is -0.114. The highest BCUT2D eigenvalue weighted by atomic mass is 16.5. The maximum absolute atomic E-state index is 12.4. The van der Waals surface area contributed by atoms with E-state index in [-0.39, 0.29) is 42.6 Å². The highest BCUT2D eigenvalue weighted by Crippen LogP contribution is 2.37. The van der Waals surface area contributed by atoms with Crippen molar-refractivity contribution in [3.05, 3.63) is 29.8 Å². The fourth-order valence-corrected chi connectivity index (χ4v) is 3.81. The topological polar surface area (TPSA) is 83.9 Å². The number of β-amino-alcohol motifs (C(OH)–C–C–N with tert-alkyl or cyclic N) is 1. The molecule has 0 radical (unpaired) electrons. The van der Waals surface area contributed by atoms with Crippen LogP contribution in [0, 0.1) is 11.8 Å². The molecule has 1 aliphatic carbocycles. The molecule has 2 amide bonds. The third kappa shape index (κ3) is 3.80. The van der Waals surface area contributed by atoms with Crippen LogP contribution in [0.2, 0.25) is 0 Å². The molecule has 3 atom stereocenters. The molecule has 6 nitrogen and oxygen atoms in total. The summed E-state index contributed by atoms with van der Waals surface area (Å²) in [5, 5.41) is 10.2. The zero-order valence-electron chi connectivity index (χ0n) is 15.0. The summed E-state index contributed by atoms with van der Waals surface area (Å²) >= 11 is 0. The number of fused-ring (bicyclic) bond motifs is 1. The van der Waals surface area contributed by atoms with E-state index in [1.807, 2.05) is 0 Å². The van der Waals surface area contributed by atoms with E-state index in [9.17, 15) is 19.5 Å². The molecule has 1 aromatic rings. The number of carbonyl (C=O) groups excluding carboxylic acids is 3. The Kier molecular flexibility index (Phi) is 5.71. The van der Waals surface area contributed by atoms with Crippen LogP contribution in [-0.2, 0) is 9.59 Å². The fraction of sp³-hybridized carbons (Fsp3) is 0.550. The number of ether oxygens (including phenoxy) is 1. The third-order valence-corrected chi connectivity index (χ3v) is 5.27. The quantitative estimate of drug-likeness (QED) is 0.596. The van der Waals surface area contributed by atoms with Gasteiger partial charge in [0.05, 0.1) is 18.4 Å². The van der Waals surface area contributed by atoms with Crippen molar-refractivity contribution in [1.29, 1.82) is 0 Å². The number of imide groups is 1. The minimum atomic E-state index is -0.944. The first-order chi connectivity index (χ1) is 12.5. The monoisotopic (exact) mass is 359 g/mol. The van der Waals surface area contributed by atoms with E-state index in [0.29, 0.717) is 17.7 Å². The van der Waals surface area contributed by atoms with Gasteiger partial charge in [0.15, 0.2) is 5.78 Å². The minimum Gasteiger partial charge on any atom is -0.491 e. The van der Waals surface area contributed by atoms with Gasteiger partial charge in [0.25, 0.3) is 0 Å². The van der Waals surface area contributed by atoms with Gasteiger partial charge in [-0.1, -0.05) is 19.8 Å². The number of amides is 2. The normalized spacial score (nSPS) is 23.7. The van der Waals surface area contributed by atoms with Gasteiger partial charge in [0, 0.05) is 12.0 Å². The number of rotatable bonds is 7. The molecule has 6 heteroatoms. The molecule has 0 spiro atoms. The van der Waals surface area contributed by atoms with Crippen molar-refractivity contribution in [1.82, 2.24) is 4.90 Å². The molecule has 1 saturated heterocycles. The van der Waals surface area contributed by atoms with Gasteiger partial charge in [-0.05, 0) is 37.1 Å². The molecule has 1 N–H and O–H groups in total. The molecular weight excluding hydrogens is 334 g/mol. The lowest BCUT2D eigenvalue weighted by molar-refractivity contribution is -0.141. The summed E-state index contributed by atoms with van der Waals surface area (Å²) in [6.45, 7) is 1.75. The van der Waals surface area contributed by atoms with Crippen molar-refractivity contribution >= 4 is 17.6 Å². The third-order valence-electron chi connectivity index (χ3n) is 5.27. The number of carbonyl (C=O) groups is 3. The summed E-state index contributed by atoms with van der Waals surface area (Å²) in [5.41, 5.74) is 0.622. The molecule has 2 fully saturated rings. The Balaban J connectivity index is 1.52. The van der Waals surface area contributed by atoms with Crippen LogP contribution in [0.1, 0.15) is 49.4 Å². The zero-order chi connectivity index (χ0) is 18.7. The first kappa shape index (κ1) is 18.6. The lowest BCUT2D eigenvalue weighted by Crippen LogP contribution is -2.40. The van der Waals surface area contributed by atoms with E-state index in [2.05, 4.69) is 0 Å². The van der Waals surface area contributed by atoms with Gasteiger partial charge in [-0.2, -0.15) is 0 Å². The predicted molar refractivity (Wildman–Crippen MR) is 94.7 cm³/mol. The van der Waals surface area contributed by atoms with Gasteiger partial charge in [-0.3, -0.25) is 19.3 Å². The van der Waals surface area contributed by atoms with E-state index >= 15 is 0 Å². The number of nitrogens with zero attached hydrogens (tertiary/aromatic N) is 1. The van der Waals surface area contributed by atoms with Gasteiger partial charge in [0.2, 0.25) is 11.8 Å². The van der Waals surface area contributed by atoms with E-state index in [1.54, 1.807) is 31.2 Å². The Hall–Kier alpha value is -2.21. The highest BCUT2D eigenvalue weighted by Gasteiger charge is 2.48. The van der Waals surface area contributed by atoms with E-state index < -0.39 is 6.10 Å². The first-order valence-electron chi connectivity index (χ1n) is 9.30. The van der Waals surface area contributed by atoms with Gasteiger partial charge in [0.1, 0.15) is 18.5 Å². The molecule has 0 aromatic heterocycles. The van der Waals surface area contributed by atoms with Crippen LogP contribution in [0.25, 0.3) is 0 Å². The molecule has 140 valence electrons. The molecule has 1 aliphatic heterocycles. The van der Waals surface area contributed by atoms with Crippen LogP contribution in [0.5, 0.6) is 5.75 Å². The van der Waals surface area contributed by atoms with Crippen LogP contribution < -0.4 is 4.74 Å². The largest absolute Gasteiger partial charge is 0.491 e. The Morgan fingerprint density at radius 3 is 2.27 bits per heavy atom. The minimum absolute atomic E-state index is 0.0204. The Labute approximate surface area is 153 Å². The van der Waals surface area contributed by atoms with Crippen LogP contribution in [0.3, 0.4) is 0 Å². The summed E-state index contributed by atoms with van der Waals surface area (Å²) in [6, 6.07) is 6.73. The number of Topliss-reactive ketones (excluding diaryl/α,β-unsaturated/α-hetero) is 1. The predicted octanol–water partition coefficient (Wildman–Crippen LogP) is 2.19. The van der Waals surface area contributed by atoms with Gasteiger partial charge < -0.3 is 9.84 Å². The highest BCUT2D eigenvalue weighted by molar-refractivity contribution is 6.05. The van der Waals surface area contributed by atoms with Gasteiger partial charge >= 0.3 is 0 Å². The van der Waals surface area contributed by atoms with E-state index in [4.69, 9.17) is 4.74 Å². The lowest BCUT2D eigenvalue weighted by Gasteiger charge is -2.19. The maximum atomic E-state index is 12.4. The molecular formula is C20H25NO5. The Morgan fingerprint density at radius 1 is 1.15 bits per heavy atom. The first-order valence-corrected chi connectivity index (χ1v) is 9.30. The average molecular weight is 359 g/mol. The number of benzene rings is 1. The molecule has 1 saturated carbocycles. The average Bonchev–Trinajstić information content (AvgIpc) is 2.91. The second kappa shape index (κ2) is 7.99. The standard InChI is InChI=1S/C20H25NO5/c1-2-18(23)13-7-9-15(10-8-13)26-12-14(22)11-21-19(24)16-5-3-4-6-17(16)20(21)25/h7-10,14,16-17,22H,2-6,11-12H2,1H3. The Morgan fingerprint density at radius 2 is 1.73 bits per heavy atom. The van der Waals surface area contributed by atoms with Crippen molar-refractivity contribution < 1.29 is 24.2 Å². The van der Waals surface area contributed by atoms with Crippen molar-refractivity contribution in [3.63, 3.8) is 0 Å². The number of ketones is 1. The zero-order valence-corrected chi connectivity index (χ0v) is 15.0. The number of aliphatic hydroxyl groups excluding tert-OH is 1. The molecule has 1 aromatic carbocycles. The number of hydrogen-bond acceptors (Lipinski definition) is 5. The van der Waals surface area contributed by atoms with E-state index in [1.165, 1.54) is 4.90 Å². The smallest absolute Gasteiger partial charge is 0.233 e. The lowest BCUT2D eigenvalue weighted by atomic mass is 9.81. The molecule has 1 heterocycles. The van der Waals surface area contributed by atoms with Crippen LogP contribution >= 0.6 is 0 Å². The summed E-state index contributed by atoms with van der Waals surface area (Å²) in [7, 11) is 0. The molecule has 3 unspecified atom stereocenters. The number of likely N-dealkylation sites (tertiary alicyclic amines) is 1. The summed E-state index contributed by atoms with van der Waals surface area (Å²) < 4.78 is 5.53. The van der Waals surface area contributed by atoms with Gasteiger partial charge in [-0.15, -0.1) is 0 Å². The van der Waals surface area contributed by atoms with Crippen molar-refractivity contribution in [2.75, 3.05) is 13.2 Å². The molecule has 2 aliphatic rings. The molecule has 3 rings (SSSR count). The summed E-state index contributed by atoms with van der Waals surface area (Å²) in [4.78, 5) is 37.6. The van der Waals surface area contributed by atoms with Crippen molar-refractivity contribution in [3.8, 4) is 5.75 Å². The van der Waals surface area contributed by atoms with E-state index in [0.717, 1.165) is 25.7 Å². The van der Waals surface area contributed by atoms with Crippen molar-refractivity contribution in [2.24, 2.45) is 11.8 Å². The molecule has 0 bridgehead atoms. The van der Waals surface area contributed by atoms with Crippen LogP contribution in [0.4, 0.5) is 0 Å².